The topological polar surface area (TPSA) is 90.0 Å². The first kappa shape index (κ1) is 25.6. The van der Waals surface area contributed by atoms with Gasteiger partial charge in [0.25, 0.3) is 16.0 Å². The summed E-state index contributed by atoms with van der Waals surface area (Å²) in [7, 11) is -3.77. The third kappa shape index (κ3) is 6.38. The smallest absolute Gasteiger partial charge is 0.303 e. The molecule has 0 radical (unpaired) electrons. The van der Waals surface area contributed by atoms with E-state index in [0.29, 0.717) is 19.5 Å². The Balaban J connectivity index is 1.34. The summed E-state index contributed by atoms with van der Waals surface area (Å²) in [6, 6.07) is 20.8. The van der Waals surface area contributed by atoms with Gasteiger partial charge in [-0.3, -0.25) is 13.8 Å². The Bertz CT molecular complexity index is 1350. The van der Waals surface area contributed by atoms with Gasteiger partial charge >= 0.3 is 5.97 Å². The molecule has 1 heterocycles. The molecule has 4 rings (SSSR count). The monoisotopic (exact) mass is 507 g/mol. The van der Waals surface area contributed by atoms with Crippen LogP contribution in [0.2, 0.25) is 0 Å². The molecule has 0 aromatic heterocycles. The van der Waals surface area contributed by atoms with Crippen molar-refractivity contribution < 1.29 is 26.9 Å². The molecule has 0 N–H and O–H groups in total. The molecule has 188 valence electrons. The van der Waals surface area contributed by atoms with E-state index in [1.807, 2.05) is 43.3 Å². The number of ether oxygens (including phenoxy) is 1. The molecule has 7 nitrogen and oxygen atoms in total. The van der Waals surface area contributed by atoms with Gasteiger partial charge in [0.05, 0.1) is 11.5 Å². The summed E-state index contributed by atoms with van der Waals surface area (Å²) in [6.07, 6.45) is 1.21. The number of carbonyl (C=O) groups is 2. The molecule has 1 aliphatic rings. The lowest BCUT2D eigenvalue weighted by molar-refractivity contribution is -0.150. The van der Waals surface area contributed by atoms with Crippen LogP contribution in [-0.4, -0.2) is 45.0 Å². The highest BCUT2D eigenvalue weighted by molar-refractivity contribution is 7.86. The third-order valence-corrected chi connectivity index (χ3v) is 7.52. The molecule has 1 aliphatic heterocycles. The Morgan fingerprint density at radius 3 is 2.31 bits per heavy atom. The van der Waals surface area contributed by atoms with E-state index in [1.54, 1.807) is 29.2 Å². The largest absolute Gasteiger partial charge is 0.456 e. The average Bonchev–Trinajstić information content (AvgIpc) is 2.87. The highest BCUT2D eigenvalue weighted by atomic mass is 32.2. The van der Waals surface area contributed by atoms with Crippen molar-refractivity contribution in [2.24, 2.45) is 0 Å². The first-order valence-electron chi connectivity index (χ1n) is 11.8. The molecule has 0 saturated heterocycles. The van der Waals surface area contributed by atoms with Crippen molar-refractivity contribution in [2.75, 3.05) is 19.8 Å². The van der Waals surface area contributed by atoms with Gasteiger partial charge in [0.15, 0.2) is 6.61 Å². The van der Waals surface area contributed by atoms with E-state index >= 15 is 0 Å². The van der Waals surface area contributed by atoms with Gasteiger partial charge < -0.3 is 9.64 Å². The van der Waals surface area contributed by atoms with Gasteiger partial charge in [0.2, 0.25) is 0 Å². The zero-order valence-corrected chi connectivity index (χ0v) is 21.2. The number of carbonyl (C=O) groups excluding carboxylic acids is 2. The third-order valence-electron chi connectivity index (χ3n) is 6.20. The molecule has 0 bridgehead atoms. The van der Waals surface area contributed by atoms with Crippen molar-refractivity contribution >= 4 is 22.0 Å². The molecular weight excluding hydrogens is 478 g/mol. The van der Waals surface area contributed by atoms with Crippen LogP contribution in [0.15, 0.2) is 71.6 Å². The maximum atomic E-state index is 12.3. The van der Waals surface area contributed by atoms with E-state index in [4.69, 9.17) is 8.92 Å². The number of fused-ring (bicyclic) bond motifs is 1. The maximum Gasteiger partial charge on any atom is 0.303 e. The van der Waals surface area contributed by atoms with E-state index in [2.05, 4.69) is 6.07 Å². The fraction of sp³-hybridized carbons (Fsp3) is 0.286. The van der Waals surface area contributed by atoms with E-state index in [1.165, 1.54) is 12.5 Å². The Morgan fingerprint density at radius 2 is 1.61 bits per heavy atom. The normalized spacial score (nSPS) is 13.2. The first-order valence-corrected chi connectivity index (χ1v) is 13.2. The van der Waals surface area contributed by atoms with Gasteiger partial charge in [0.1, 0.15) is 0 Å². The quantitative estimate of drug-likeness (QED) is 0.337. The van der Waals surface area contributed by atoms with Crippen LogP contribution in [0.25, 0.3) is 11.1 Å². The molecule has 3 aromatic carbocycles. The van der Waals surface area contributed by atoms with E-state index in [-0.39, 0.29) is 24.0 Å². The average molecular weight is 508 g/mol. The first-order chi connectivity index (χ1) is 17.2. The van der Waals surface area contributed by atoms with Gasteiger partial charge in [0, 0.05) is 20.0 Å². The summed E-state index contributed by atoms with van der Waals surface area (Å²) >= 11 is 0. The van der Waals surface area contributed by atoms with Crippen LogP contribution < -0.4 is 0 Å². The molecular formula is C28H29NO6S. The van der Waals surface area contributed by atoms with Crippen LogP contribution in [0.4, 0.5) is 0 Å². The van der Waals surface area contributed by atoms with Crippen LogP contribution >= 0.6 is 0 Å². The van der Waals surface area contributed by atoms with Crippen molar-refractivity contribution in [3.05, 3.63) is 89.0 Å². The van der Waals surface area contributed by atoms with Gasteiger partial charge in [-0.25, -0.2) is 0 Å². The Hall–Kier alpha value is -3.49. The number of rotatable bonds is 8. The molecule has 0 aliphatic carbocycles. The minimum absolute atomic E-state index is 0.0705. The summed E-state index contributed by atoms with van der Waals surface area (Å²) in [4.78, 5) is 25.1. The minimum atomic E-state index is -3.77. The van der Waals surface area contributed by atoms with Crippen LogP contribution in [0.5, 0.6) is 0 Å². The highest BCUT2D eigenvalue weighted by Crippen LogP contribution is 2.27. The summed E-state index contributed by atoms with van der Waals surface area (Å²) in [5.74, 6) is -0.651. The van der Waals surface area contributed by atoms with Crippen molar-refractivity contribution in [3.8, 4) is 11.1 Å². The molecule has 8 heteroatoms. The number of amides is 1. The SMILES string of the molecule is CC(=O)OCC(=O)N1CCc2cc(-c3ccc(CCOS(=O)(=O)c4ccc(C)cc4)cc3)ccc2C1. The predicted octanol–water partition coefficient (Wildman–Crippen LogP) is 4.06. The summed E-state index contributed by atoms with van der Waals surface area (Å²) in [5, 5.41) is 0. The zero-order valence-electron chi connectivity index (χ0n) is 20.4. The molecule has 0 fully saturated rings. The molecule has 0 unspecified atom stereocenters. The zero-order chi connectivity index (χ0) is 25.7. The van der Waals surface area contributed by atoms with Gasteiger partial charge in [-0.1, -0.05) is 60.2 Å². The lowest BCUT2D eigenvalue weighted by Gasteiger charge is -2.29. The summed E-state index contributed by atoms with van der Waals surface area (Å²) in [5.41, 5.74) is 6.40. The fourth-order valence-corrected chi connectivity index (χ4v) is 5.01. The number of hydrogen-bond acceptors (Lipinski definition) is 6. The van der Waals surface area contributed by atoms with Crippen molar-refractivity contribution in [2.45, 2.75) is 38.1 Å². The van der Waals surface area contributed by atoms with E-state index in [9.17, 15) is 18.0 Å². The second-order valence-corrected chi connectivity index (χ2v) is 10.5. The Labute approximate surface area is 211 Å². The van der Waals surface area contributed by atoms with E-state index in [0.717, 1.165) is 34.2 Å². The molecule has 0 spiro atoms. The number of nitrogens with zero attached hydrogens (tertiary/aromatic N) is 1. The Morgan fingerprint density at radius 1 is 0.917 bits per heavy atom. The summed E-state index contributed by atoms with van der Waals surface area (Å²) < 4.78 is 34.7. The van der Waals surface area contributed by atoms with Crippen molar-refractivity contribution in [1.82, 2.24) is 4.90 Å². The summed E-state index contributed by atoms with van der Waals surface area (Å²) in [6.45, 7) is 4.12. The van der Waals surface area contributed by atoms with Gasteiger partial charge in [-0.15, -0.1) is 0 Å². The number of esters is 1. The number of benzene rings is 3. The van der Waals surface area contributed by atoms with E-state index < -0.39 is 16.1 Å². The number of aryl methyl sites for hydroxylation is 1. The van der Waals surface area contributed by atoms with Gasteiger partial charge in [-0.2, -0.15) is 8.42 Å². The maximum absolute atomic E-state index is 12.3. The van der Waals surface area contributed by atoms with Crippen molar-refractivity contribution in [1.29, 1.82) is 0 Å². The second kappa shape index (κ2) is 11.1. The predicted molar refractivity (Wildman–Crippen MR) is 136 cm³/mol. The van der Waals surface area contributed by atoms with Crippen LogP contribution in [0.3, 0.4) is 0 Å². The highest BCUT2D eigenvalue weighted by Gasteiger charge is 2.21. The number of hydrogen-bond donors (Lipinski definition) is 0. The molecule has 0 atom stereocenters. The minimum Gasteiger partial charge on any atom is -0.456 e. The van der Waals surface area contributed by atoms with Crippen LogP contribution in [0, 0.1) is 6.92 Å². The van der Waals surface area contributed by atoms with Crippen LogP contribution in [-0.2, 0) is 48.0 Å². The lowest BCUT2D eigenvalue weighted by atomic mass is 9.94. The van der Waals surface area contributed by atoms with Crippen LogP contribution in [0.1, 0.15) is 29.2 Å². The molecule has 36 heavy (non-hydrogen) atoms. The second-order valence-electron chi connectivity index (χ2n) is 8.87. The molecule has 0 saturated carbocycles. The molecule has 1 amide bonds. The Kier molecular flexibility index (Phi) is 7.86. The van der Waals surface area contributed by atoms with Gasteiger partial charge in [-0.05, 0) is 59.7 Å². The lowest BCUT2D eigenvalue weighted by Crippen LogP contribution is -2.38. The standard InChI is InChI=1S/C28H29NO6S/c1-20-3-11-27(12-4-20)36(32,33)35-16-14-22-5-7-23(8-6-22)24-9-10-26-18-29(15-13-25(26)17-24)28(31)19-34-21(2)30/h3-12,17H,13-16,18-19H2,1-2H3. The molecule has 3 aromatic rings. The fourth-order valence-electron chi connectivity index (χ4n) is 4.11. The van der Waals surface area contributed by atoms with Crippen molar-refractivity contribution in [3.63, 3.8) is 0 Å².